The van der Waals surface area contributed by atoms with Crippen LogP contribution in [0.15, 0.2) is 18.2 Å². The van der Waals surface area contributed by atoms with Crippen molar-refractivity contribution in [2.24, 2.45) is 5.41 Å². The summed E-state index contributed by atoms with van der Waals surface area (Å²) in [7, 11) is 0. The van der Waals surface area contributed by atoms with Crippen LogP contribution in [0.5, 0.6) is 0 Å². The molecule has 112 valence electrons. The number of carbonyl (C=O) groups is 1. The maximum Gasteiger partial charge on any atom is 0.251 e. The maximum atomic E-state index is 13.4. The average molecular weight is 301 g/mol. The lowest BCUT2D eigenvalue weighted by Gasteiger charge is -2.34. The molecule has 2 N–H and O–H groups in total. The summed E-state index contributed by atoms with van der Waals surface area (Å²) in [5.74, 6) is -0.528. The normalized spacial score (nSPS) is 17.1. The highest BCUT2D eigenvalue weighted by molar-refractivity contribution is 5.94. The Labute approximate surface area is 125 Å². The quantitative estimate of drug-likeness (QED) is 0.901. The molecule has 2 rings (SSSR count). The van der Waals surface area contributed by atoms with Gasteiger partial charge in [0.1, 0.15) is 5.82 Å². The van der Waals surface area contributed by atoms with Crippen LogP contribution in [0.25, 0.3) is 0 Å². The molecule has 0 bridgehead atoms. The van der Waals surface area contributed by atoms with Gasteiger partial charge in [-0.3, -0.25) is 4.79 Å². The Morgan fingerprint density at radius 2 is 2.05 bits per heavy atom. The molecule has 1 aliphatic rings. The predicted octanol–water partition coefficient (Wildman–Crippen LogP) is 2.68. The molecule has 5 heteroatoms. The SMILES string of the molecule is Cc1ccc(C(=O)NCC2(C)CCNCC2)cc1F.Cl. The number of aryl methyl sites for hydroxylation is 1. The summed E-state index contributed by atoms with van der Waals surface area (Å²) in [4.78, 5) is 12.0. The van der Waals surface area contributed by atoms with E-state index < -0.39 is 0 Å². The number of amides is 1. The number of hydrogen-bond acceptors (Lipinski definition) is 2. The number of benzene rings is 1. The van der Waals surface area contributed by atoms with E-state index in [2.05, 4.69) is 17.6 Å². The molecule has 1 aliphatic heterocycles. The summed E-state index contributed by atoms with van der Waals surface area (Å²) in [6.45, 7) is 6.50. The van der Waals surface area contributed by atoms with Crippen molar-refractivity contribution in [3.05, 3.63) is 35.1 Å². The molecule has 1 aromatic carbocycles. The van der Waals surface area contributed by atoms with Crippen molar-refractivity contribution >= 4 is 18.3 Å². The van der Waals surface area contributed by atoms with Gasteiger partial charge >= 0.3 is 0 Å². The lowest BCUT2D eigenvalue weighted by molar-refractivity contribution is 0.0922. The minimum atomic E-state index is -0.333. The second-order valence-electron chi connectivity index (χ2n) is 5.71. The number of nitrogens with one attached hydrogen (secondary N) is 2. The minimum absolute atomic E-state index is 0. The molecule has 1 heterocycles. The van der Waals surface area contributed by atoms with Gasteiger partial charge in [-0.05, 0) is 56.0 Å². The predicted molar refractivity (Wildman–Crippen MR) is 80.9 cm³/mol. The second kappa shape index (κ2) is 7.04. The monoisotopic (exact) mass is 300 g/mol. The Bertz CT molecular complexity index is 473. The van der Waals surface area contributed by atoms with E-state index >= 15 is 0 Å². The molecule has 1 fully saturated rings. The highest BCUT2D eigenvalue weighted by Crippen LogP contribution is 2.26. The van der Waals surface area contributed by atoms with Gasteiger partial charge in [0.15, 0.2) is 0 Å². The van der Waals surface area contributed by atoms with E-state index in [0.29, 0.717) is 17.7 Å². The van der Waals surface area contributed by atoms with Crippen molar-refractivity contribution in [3.8, 4) is 0 Å². The summed E-state index contributed by atoms with van der Waals surface area (Å²) in [6, 6.07) is 4.60. The van der Waals surface area contributed by atoms with E-state index in [9.17, 15) is 9.18 Å². The molecule has 0 aliphatic carbocycles. The third kappa shape index (κ3) is 4.18. The maximum absolute atomic E-state index is 13.4. The first-order valence-corrected chi connectivity index (χ1v) is 6.75. The van der Waals surface area contributed by atoms with Gasteiger partial charge in [0.05, 0.1) is 0 Å². The van der Waals surface area contributed by atoms with Gasteiger partial charge in [-0.2, -0.15) is 0 Å². The van der Waals surface area contributed by atoms with Crippen molar-refractivity contribution in [2.75, 3.05) is 19.6 Å². The van der Waals surface area contributed by atoms with E-state index in [1.165, 1.54) is 6.07 Å². The van der Waals surface area contributed by atoms with E-state index in [1.807, 2.05) is 0 Å². The molecule has 0 unspecified atom stereocenters. The fourth-order valence-corrected chi connectivity index (χ4v) is 2.34. The first kappa shape index (κ1) is 16.9. The molecule has 0 spiro atoms. The van der Waals surface area contributed by atoms with Crippen LogP contribution in [0, 0.1) is 18.2 Å². The van der Waals surface area contributed by atoms with Crippen molar-refractivity contribution in [1.29, 1.82) is 0 Å². The molecule has 1 aromatic rings. The smallest absolute Gasteiger partial charge is 0.251 e. The van der Waals surface area contributed by atoms with Crippen LogP contribution in [-0.4, -0.2) is 25.5 Å². The molecule has 20 heavy (non-hydrogen) atoms. The number of rotatable bonds is 3. The van der Waals surface area contributed by atoms with Crippen LogP contribution >= 0.6 is 12.4 Å². The Kier molecular flexibility index (Phi) is 5.96. The van der Waals surface area contributed by atoms with Crippen molar-refractivity contribution in [2.45, 2.75) is 26.7 Å². The first-order chi connectivity index (χ1) is 9.00. The lowest BCUT2D eigenvalue weighted by atomic mass is 9.81. The number of halogens is 2. The van der Waals surface area contributed by atoms with E-state index in [-0.39, 0.29) is 29.5 Å². The van der Waals surface area contributed by atoms with E-state index in [4.69, 9.17) is 0 Å². The molecule has 3 nitrogen and oxygen atoms in total. The van der Waals surface area contributed by atoms with Crippen molar-refractivity contribution in [1.82, 2.24) is 10.6 Å². The standard InChI is InChI=1S/C15H21FN2O.ClH/c1-11-3-4-12(9-13(11)16)14(19)18-10-15(2)5-7-17-8-6-15;/h3-4,9,17H,5-8,10H2,1-2H3,(H,18,19);1H. The number of carbonyl (C=O) groups excluding carboxylic acids is 1. The Morgan fingerprint density at radius 1 is 1.40 bits per heavy atom. The lowest BCUT2D eigenvalue weighted by Crippen LogP contribution is -2.42. The zero-order chi connectivity index (χ0) is 13.9. The summed E-state index contributed by atoms with van der Waals surface area (Å²) < 4.78 is 13.4. The zero-order valence-corrected chi connectivity index (χ0v) is 12.8. The first-order valence-electron chi connectivity index (χ1n) is 6.75. The van der Waals surface area contributed by atoms with Crippen LogP contribution in [-0.2, 0) is 0 Å². The van der Waals surface area contributed by atoms with Crippen LogP contribution in [0.1, 0.15) is 35.7 Å². The summed E-state index contributed by atoms with van der Waals surface area (Å²) in [5, 5.41) is 6.23. The van der Waals surface area contributed by atoms with Crippen LogP contribution in [0.2, 0.25) is 0 Å². The zero-order valence-electron chi connectivity index (χ0n) is 12.0. The molecular weight excluding hydrogens is 279 g/mol. The van der Waals surface area contributed by atoms with Crippen molar-refractivity contribution in [3.63, 3.8) is 0 Å². The van der Waals surface area contributed by atoms with Gasteiger partial charge in [0, 0.05) is 12.1 Å². The van der Waals surface area contributed by atoms with Gasteiger partial charge in [-0.15, -0.1) is 12.4 Å². The summed E-state index contributed by atoms with van der Waals surface area (Å²) >= 11 is 0. The van der Waals surface area contributed by atoms with E-state index in [0.717, 1.165) is 25.9 Å². The molecular formula is C15H22ClFN2O. The molecule has 0 atom stereocenters. The summed E-state index contributed by atoms with van der Waals surface area (Å²) in [5.41, 5.74) is 1.09. The summed E-state index contributed by atoms with van der Waals surface area (Å²) in [6.07, 6.45) is 2.10. The second-order valence-corrected chi connectivity index (χ2v) is 5.71. The third-order valence-corrected chi connectivity index (χ3v) is 3.92. The van der Waals surface area contributed by atoms with Gasteiger partial charge in [0.2, 0.25) is 0 Å². The van der Waals surface area contributed by atoms with Gasteiger partial charge in [0.25, 0.3) is 5.91 Å². The number of hydrogen-bond donors (Lipinski definition) is 2. The van der Waals surface area contributed by atoms with Gasteiger partial charge in [-0.25, -0.2) is 4.39 Å². The van der Waals surface area contributed by atoms with Crippen LogP contribution in [0.3, 0.4) is 0 Å². The molecule has 0 aromatic heterocycles. The largest absolute Gasteiger partial charge is 0.351 e. The number of piperidine rings is 1. The van der Waals surface area contributed by atoms with E-state index in [1.54, 1.807) is 19.1 Å². The molecule has 0 saturated carbocycles. The topological polar surface area (TPSA) is 41.1 Å². The fourth-order valence-electron chi connectivity index (χ4n) is 2.34. The average Bonchev–Trinajstić information content (AvgIpc) is 2.40. The minimum Gasteiger partial charge on any atom is -0.351 e. The highest BCUT2D eigenvalue weighted by Gasteiger charge is 2.27. The molecule has 1 amide bonds. The van der Waals surface area contributed by atoms with Crippen LogP contribution < -0.4 is 10.6 Å². The Hall–Kier alpha value is -1.13. The highest BCUT2D eigenvalue weighted by atomic mass is 35.5. The van der Waals surface area contributed by atoms with Crippen molar-refractivity contribution < 1.29 is 9.18 Å². The molecule has 1 saturated heterocycles. The van der Waals surface area contributed by atoms with Gasteiger partial charge < -0.3 is 10.6 Å². The van der Waals surface area contributed by atoms with Gasteiger partial charge in [-0.1, -0.05) is 13.0 Å². The third-order valence-electron chi connectivity index (χ3n) is 3.92. The Morgan fingerprint density at radius 3 is 2.65 bits per heavy atom. The fraction of sp³-hybridized carbons (Fsp3) is 0.533. The molecule has 0 radical (unpaired) electrons. The van der Waals surface area contributed by atoms with Crippen LogP contribution in [0.4, 0.5) is 4.39 Å². The Balaban J connectivity index is 0.00000200.